The number of carbonyl (C=O) groups is 2. The van der Waals surface area contributed by atoms with Crippen LogP contribution in [0.15, 0.2) is 60.3 Å². The second-order valence-electron chi connectivity index (χ2n) is 8.70. The van der Waals surface area contributed by atoms with Gasteiger partial charge in [0.15, 0.2) is 0 Å². The standard InChI is InChI=1S/C26H30N4O3/c31-25-23(20-6-2-1-3-7-20)24(26(32)30(25)15-14-28-16-18-33-19-17-28)27-21-8-10-22(11-9-21)29-12-4-5-13-29/h1-3,6-11,27H,4-5,12-19H2. The molecule has 3 aliphatic heterocycles. The molecule has 0 bridgehead atoms. The predicted octanol–water partition coefficient (Wildman–Crippen LogP) is 2.81. The average molecular weight is 447 g/mol. The number of amides is 2. The summed E-state index contributed by atoms with van der Waals surface area (Å²) in [6, 6.07) is 17.6. The van der Waals surface area contributed by atoms with Gasteiger partial charge >= 0.3 is 0 Å². The number of hydrogen-bond acceptors (Lipinski definition) is 6. The van der Waals surface area contributed by atoms with Crippen molar-refractivity contribution >= 4 is 28.8 Å². The van der Waals surface area contributed by atoms with E-state index in [2.05, 4.69) is 27.2 Å². The van der Waals surface area contributed by atoms with Crippen LogP contribution in [0.3, 0.4) is 0 Å². The Morgan fingerprint density at radius 3 is 2.18 bits per heavy atom. The van der Waals surface area contributed by atoms with Crippen LogP contribution < -0.4 is 10.2 Å². The second kappa shape index (κ2) is 9.77. The van der Waals surface area contributed by atoms with E-state index in [0.717, 1.165) is 37.4 Å². The molecule has 3 heterocycles. The molecule has 0 unspecified atom stereocenters. The first kappa shape index (κ1) is 21.7. The number of imide groups is 1. The summed E-state index contributed by atoms with van der Waals surface area (Å²) in [4.78, 5) is 32.7. The molecule has 0 spiro atoms. The molecule has 2 aromatic rings. The Kier molecular flexibility index (Phi) is 6.41. The van der Waals surface area contributed by atoms with Gasteiger partial charge in [-0.05, 0) is 42.7 Å². The molecule has 2 fully saturated rings. The van der Waals surface area contributed by atoms with E-state index >= 15 is 0 Å². The molecule has 3 aliphatic rings. The lowest BCUT2D eigenvalue weighted by molar-refractivity contribution is -0.137. The van der Waals surface area contributed by atoms with E-state index in [0.29, 0.717) is 37.6 Å². The van der Waals surface area contributed by atoms with Crippen molar-refractivity contribution in [3.8, 4) is 0 Å². The minimum absolute atomic E-state index is 0.240. The summed E-state index contributed by atoms with van der Waals surface area (Å²) in [6.45, 7) is 6.22. The van der Waals surface area contributed by atoms with Gasteiger partial charge in [-0.25, -0.2) is 0 Å². The maximum Gasteiger partial charge on any atom is 0.278 e. The number of hydrogen-bond donors (Lipinski definition) is 1. The molecule has 33 heavy (non-hydrogen) atoms. The minimum atomic E-state index is -0.268. The summed E-state index contributed by atoms with van der Waals surface area (Å²) in [5, 5.41) is 3.27. The minimum Gasteiger partial charge on any atom is -0.379 e. The van der Waals surface area contributed by atoms with Crippen molar-refractivity contribution in [3.63, 3.8) is 0 Å². The molecule has 172 valence electrons. The van der Waals surface area contributed by atoms with Crippen LogP contribution in [-0.4, -0.2) is 74.1 Å². The summed E-state index contributed by atoms with van der Waals surface area (Å²) in [5.74, 6) is -0.508. The van der Waals surface area contributed by atoms with Gasteiger partial charge in [-0.15, -0.1) is 0 Å². The number of nitrogens with zero attached hydrogens (tertiary/aromatic N) is 3. The largest absolute Gasteiger partial charge is 0.379 e. The monoisotopic (exact) mass is 446 g/mol. The Balaban J connectivity index is 1.37. The highest BCUT2D eigenvalue weighted by Crippen LogP contribution is 2.31. The Labute approximate surface area is 194 Å². The van der Waals surface area contributed by atoms with Gasteiger partial charge in [0.05, 0.1) is 18.8 Å². The number of ether oxygens (including phenoxy) is 1. The quantitative estimate of drug-likeness (QED) is 0.660. The molecule has 5 rings (SSSR count). The molecule has 7 heteroatoms. The maximum absolute atomic E-state index is 13.4. The molecular formula is C26H30N4O3. The van der Waals surface area contributed by atoms with Gasteiger partial charge in [0.25, 0.3) is 11.8 Å². The number of rotatable bonds is 7. The zero-order valence-electron chi connectivity index (χ0n) is 18.8. The van der Waals surface area contributed by atoms with Crippen LogP contribution in [-0.2, 0) is 14.3 Å². The van der Waals surface area contributed by atoms with Gasteiger partial charge in [0, 0.05) is 50.6 Å². The summed E-state index contributed by atoms with van der Waals surface area (Å²) < 4.78 is 5.40. The fourth-order valence-corrected chi connectivity index (χ4v) is 4.71. The molecule has 0 radical (unpaired) electrons. The van der Waals surface area contributed by atoms with Gasteiger partial charge in [-0.3, -0.25) is 19.4 Å². The van der Waals surface area contributed by atoms with Crippen molar-refractivity contribution in [2.24, 2.45) is 0 Å². The lowest BCUT2D eigenvalue weighted by atomic mass is 10.0. The van der Waals surface area contributed by atoms with Crippen LogP contribution in [0.25, 0.3) is 5.57 Å². The first-order valence-electron chi connectivity index (χ1n) is 11.8. The summed E-state index contributed by atoms with van der Waals surface area (Å²) >= 11 is 0. The molecule has 2 amide bonds. The van der Waals surface area contributed by atoms with E-state index in [9.17, 15) is 9.59 Å². The normalized spacial score (nSPS) is 19.6. The van der Waals surface area contributed by atoms with Crippen molar-refractivity contribution < 1.29 is 14.3 Å². The average Bonchev–Trinajstić information content (AvgIpc) is 3.47. The van der Waals surface area contributed by atoms with Crippen LogP contribution in [0, 0.1) is 0 Å². The van der Waals surface area contributed by atoms with Crippen molar-refractivity contribution in [2.75, 3.05) is 62.7 Å². The van der Waals surface area contributed by atoms with E-state index in [1.54, 1.807) is 0 Å². The first-order chi connectivity index (χ1) is 16.2. The zero-order chi connectivity index (χ0) is 22.6. The van der Waals surface area contributed by atoms with Gasteiger partial charge in [0.2, 0.25) is 0 Å². The highest BCUT2D eigenvalue weighted by Gasteiger charge is 2.39. The number of carbonyl (C=O) groups excluding carboxylic acids is 2. The SMILES string of the molecule is O=C1C(Nc2ccc(N3CCCC3)cc2)=C(c2ccccc2)C(=O)N1CCN1CCOCC1. The molecule has 0 aliphatic carbocycles. The van der Waals surface area contributed by atoms with Gasteiger partial charge in [-0.1, -0.05) is 30.3 Å². The smallest absolute Gasteiger partial charge is 0.278 e. The second-order valence-corrected chi connectivity index (χ2v) is 8.70. The summed E-state index contributed by atoms with van der Waals surface area (Å²) in [6.07, 6.45) is 2.45. The lowest BCUT2D eigenvalue weighted by Crippen LogP contribution is -2.43. The lowest BCUT2D eigenvalue weighted by Gasteiger charge is -2.28. The van der Waals surface area contributed by atoms with E-state index in [-0.39, 0.29) is 11.8 Å². The Bertz CT molecular complexity index is 1020. The highest BCUT2D eigenvalue weighted by molar-refractivity contribution is 6.36. The summed E-state index contributed by atoms with van der Waals surface area (Å²) in [5.41, 5.74) is 3.53. The van der Waals surface area contributed by atoms with Crippen LogP contribution in [0.1, 0.15) is 18.4 Å². The number of morpholine rings is 1. The first-order valence-corrected chi connectivity index (χ1v) is 11.8. The fraction of sp³-hybridized carbons (Fsp3) is 0.385. The van der Waals surface area contributed by atoms with Crippen molar-refractivity contribution in [1.29, 1.82) is 0 Å². The van der Waals surface area contributed by atoms with Crippen molar-refractivity contribution in [1.82, 2.24) is 9.80 Å². The van der Waals surface area contributed by atoms with Crippen LogP contribution in [0.2, 0.25) is 0 Å². The molecule has 2 saturated heterocycles. The maximum atomic E-state index is 13.4. The third-order valence-electron chi connectivity index (χ3n) is 6.58. The van der Waals surface area contributed by atoms with Crippen LogP contribution >= 0.6 is 0 Å². The van der Waals surface area contributed by atoms with E-state index in [4.69, 9.17) is 4.74 Å². The van der Waals surface area contributed by atoms with Crippen LogP contribution in [0.4, 0.5) is 11.4 Å². The predicted molar refractivity (Wildman–Crippen MR) is 129 cm³/mol. The topological polar surface area (TPSA) is 65.1 Å². The Hall–Kier alpha value is -3.16. The molecular weight excluding hydrogens is 416 g/mol. The van der Waals surface area contributed by atoms with Gasteiger partial charge in [-0.2, -0.15) is 0 Å². The van der Waals surface area contributed by atoms with Crippen LogP contribution in [0.5, 0.6) is 0 Å². The summed E-state index contributed by atoms with van der Waals surface area (Å²) in [7, 11) is 0. The third-order valence-corrected chi connectivity index (χ3v) is 6.58. The molecule has 7 nitrogen and oxygen atoms in total. The number of nitrogens with one attached hydrogen (secondary N) is 1. The Morgan fingerprint density at radius 1 is 0.788 bits per heavy atom. The molecule has 0 saturated carbocycles. The van der Waals surface area contributed by atoms with E-state index in [1.807, 2.05) is 42.5 Å². The van der Waals surface area contributed by atoms with Gasteiger partial charge in [0.1, 0.15) is 5.70 Å². The van der Waals surface area contributed by atoms with E-state index in [1.165, 1.54) is 23.4 Å². The van der Waals surface area contributed by atoms with Crippen molar-refractivity contribution in [2.45, 2.75) is 12.8 Å². The molecule has 0 atom stereocenters. The number of anilines is 2. The van der Waals surface area contributed by atoms with Crippen molar-refractivity contribution in [3.05, 3.63) is 65.9 Å². The molecule has 1 N–H and O–H groups in total. The van der Waals surface area contributed by atoms with Gasteiger partial charge < -0.3 is 15.0 Å². The van der Waals surface area contributed by atoms with E-state index < -0.39 is 0 Å². The zero-order valence-corrected chi connectivity index (χ0v) is 18.8. The highest BCUT2D eigenvalue weighted by atomic mass is 16.5. The molecule has 2 aromatic carbocycles. The fourth-order valence-electron chi connectivity index (χ4n) is 4.71. The third kappa shape index (κ3) is 4.65. The molecule has 0 aromatic heterocycles. The Morgan fingerprint density at radius 2 is 1.48 bits per heavy atom. The number of benzene rings is 2.